The molecule has 0 spiro atoms. The van der Waals surface area contributed by atoms with Crippen molar-refractivity contribution in [3.05, 3.63) is 0 Å². The Bertz CT molecular complexity index is 197. The molecule has 0 saturated carbocycles. The minimum Gasteiger partial charge on any atom is -0.346 e. The first-order chi connectivity index (χ1) is 6.61. The Kier molecular flexibility index (Phi) is 7.70. The summed E-state index contributed by atoms with van der Waals surface area (Å²) in [6.45, 7) is 3.14. The van der Waals surface area contributed by atoms with Gasteiger partial charge in [-0.25, -0.2) is 0 Å². The van der Waals surface area contributed by atoms with Gasteiger partial charge in [-0.2, -0.15) is 0 Å². The van der Waals surface area contributed by atoms with Crippen molar-refractivity contribution in [1.82, 2.24) is 4.90 Å². The van der Waals surface area contributed by atoms with Gasteiger partial charge in [0.1, 0.15) is 0 Å². The number of carbonyl (C=O) groups excluding carboxylic acids is 1. The molecule has 0 aliphatic carbocycles. The molecular weight excluding hydrogens is 200 g/mol. The minimum atomic E-state index is -0.842. The largest absolute Gasteiger partial charge is 0.346 e. The minimum absolute atomic E-state index is 0.0558. The highest BCUT2D eigenvalue weighted by Gasteiger charge is 2.08. The van der Waals surface area contributed by atoms with Crippen LogP contribution in [-0.4, -0.2) is 46.7 Å². The molecule has 0 aromatic heterocycles. The van der Waals surface area contributed by atoms with Crippen molar-refractivity contribution < 1.29 is 9.00 Å². The number of hydrogen-bond acceptors (Lipinski definition) is 3. The second kappa shape index (κ2) is 7.94. The molecule has 0 aliphatic heterocycles. The van der Waals surface area contributed by atoms with Crippen molar-refractivity contribution in [2.45, 2.75) is 19.8 Å². The molecule has 4 nitrogen and oxygen atoms in total. The SMILES string of the molecule is CCS(=O)CCC(=O)N(C)CCCN. The summed E-state index contributed by atoms with van der Waals surface area (Å²) in [5, 5.41) is 0. The van der Waals surface area contributed by atoms with Crippen molar-refractivity contribution >= 4 is 16.7 Å². The van der Waals surface area contributed by atoms with E-state index in [0.717, 1.165) is 6.42 Å². The standard InChI is InChI=1S/C9H20N2O2S/c1-3-14(13)8-5-9(12)11(2)7-4-6-10/h3-8,10H2,1-2H3. The predicted molar refractivity (Wildman–Crippen MR) is 59.5 cm³/mol. The zero-order chi connectivity index (χ0) is 11.0. The quantitative estimate of drug-likeness (QED) is 0.654. The summed E-state index contributed by atoms with van der Waals surface area (Å²) in [5.41, 5.74) is 5.33. The van der Waals surface area contributed by atoms with Gasteiger partial charge in [0, 0.05) is 42.3 Å². The molecule has 0 bridgehead atoms. The average Bonchev–Trinajstić information content (AvgIpc) is 2.21. The summed E-state index contributed by atoms with van der Waals surface area (Å²) in [5.74, 6) is 1.16. The molecule has 2 N–H and O–H groups in total. The first-order valence-electron chi connectivity index (χ1n) is 4.90. The zero-order valence-corrected chi connectivity index (χ0v) is 9.81. The molecular formula is C9H20N2O2S. The van der Waals surface area contributed by atoms with E-state index in [1.807, 2.05) is 6.92 Å². The van der Waals surface area contributed by atoms with Gasteiger partial charge < -0.3 is 10.6 Å². The number of rotatable bonds is 7. The molecule has 0 aliphatic rings. The first kappa shape index (κ1) is 13.6. The maximum Gasteiger partial charge on any atom is 0.223 e. The topological polar surface area (TPSA) is 63.4 Å². The van der Waals surface area contributed by atoms with E-state index < -0.39 is 10.8 Å². The van der Waals surface area contributed by atoms with Crippen molar-refractivity contribution in [3.8, 4) is 0 Å². The molecule has 0 fully saturated rings. The van der Waals surface area contributed by atoms with Crippen LogP contribution >= 0.6 is 0 Å². The van der Waals surface area contributed by atoms with Gasteiger partial charge in [0.2, 0.25) is 5.91 Å². The van der Waals surface area contributed by atoms with Crippen LogP contribution in [0.4, 0.5) is 0 Å². The molecule has 1 amide bonds. The van der Waals surface area contributed by atoms with E-state index in [4.69, 9.17) is 5.73 Å². The van der Waals surface area contributed by atoms with Crippen LogP contribution in [0.15, 0.2) is 0 Å². The van der Waals surface area contributed by atoms with Gasteiger partial charge in [0.05, 0.1) is 0 Å². The van der Waals surface area contributed by atoms with E-state index in [9.17, 15) is 9.00 Å². The Labute approximate surface area is 88.3 Å². The molecule has 0 aromatic carbocycles. The van der Waals surface area contributed by atoms with Gasteiger partial charge in [0.15, 0.2) is 0 Å². The first-order valence-corrected chi connectivity index (χ1v) is 6.39. The number of hydrogen-bond donors (Lipinski definition) is 1. The van der Waals surface area contributed by atoms with E-state index in [-0.39, 0.29) is 5.91 Å². The third kappa shape index (κ3) is 6.10. The lowest BCUT2D eigenvalue weighted by atomic mass is 10.3. The Morgan fingerprint density at radius 2 is 2.14 bits per heavy atom. The monoisotopic (exact) mass is 220 g/mol. The lowest BCUT2D eigenvalue weighted by Crippen LogP contribution is -2.29. The van der Waals surface area contributed by atoms with E-state index >= 15 is 0 Å². The molecule has 1 atom stereocenters. The highest BCUT2D eigenvalue weighted by molar-refractivity contribution is 7.84. The van der Waals surface area contributed by atoms with Gasteiger partial charge in [0.25, 0.3) is 0 Å². The van der Waals surface area contributed by atoms with E-state index in [1.54, 1.807) is 11.9 Å². The second-order valence-corrected chi connectivity index (χ2v) is 5.01. The van der Waals surface area contributed by atoms with Crippen LogP contribution in [-0.2, 0) is 15.6 Å². The second-order valence-electron chi connectivity index (χ2n) is 3.14. The fourth-order valence-electron chi connectivity index (χ4n) is 0.990. The smallest absolute Gasteiger partial charge is 0.223 e. The van der Waals surface area contributed by atoms with E-state index in [2.05, 4.69) is 0 Å². The summed E-state index contributed by atoms with van der Waals surface area (Å²) in [6, 6.07) is 0. The van der Waals surface area contributed by atoms with E-state index in [1.165, 1.54) is 0 Å². The molecule has 0 saturated heterocycles. The van der Waals surface area contributed by atoms with Crippen LogP contribution < -0.4 is 5.73 Å². The highest BCUT2D eigenvalue weighted by atomic mass is 32.2. The fourth-order valence-corrected chi connectivity index (χ4v) is 1.68. The summed E-state index contributed by atoms with van der Waals surface area (Å²) in [4.78, 5) is 13.1. The van der Waals surface area contributed by atoms with Crippen LogP contribution in [0, 0.1) is 0 Å². The van der Waals surface area contributed by atoms with Crippen molar-refractivity contribution in [2.75, 3.05) is 31.6 Å². The van der Waals surface area contributed by atoms with Crippen molar-refractivity contribution in [3.63, 3.8) is 0 Å². The molecule has 0 rings (SSSR count). The van der Waals surface area contributed by atoms with Gasteiger partial charge in [-0.1, -0.05) is 6.92 Å². The molecule has 5 heteroatoms. The fraction of sp³-hybridized carbons (Fsp3) is 0.889. The average molecular weight is 220 g/mol. The normalized spacial score (nSPS) is 12.5. The van der Waals surface area contributed by atoms with Crippen LogP contribution in [0.25, 0.3) is 0 Å². The highest BCUT2D eigenvalue weighted by Crippen LogP contribution is 1.95. The van der Waals surface area contributed by atoms with Crippen LogP contribution in [0.2, 0.25) is 0 Å². The molecule has 0 aromatic rings. The zero-order valence-electron chi connectivity index (χ0n) is 8.99. The maximum atomic E-state index is 11.4. The van der Waals surface area contributed by atoms with Gasteiger partial charge >= 0.3 is 0 Å². The van der Waals surface area contributed by atoms with Gasteiger partial charge in [-0.05, 0) is 13.0 Å². The van der Waals surface area contributed by atoms with Gasteiger partial charge in [-0.15, -0.1) is 0 Å². The number of amides is 1. The lowest BCUT2D eigenvalue weighted by molar-refractivity contribution is -0.129. The third-order valence-corrected chi connectivity index (χ3v) is 3.29. The summed E-state index contributed by atoms with van der Waals surface area (Å²) in [7, 11) is 0.915. The Balaban J connectivity index is 3.67. The Morgan fingerprint density at radius 1 is 1.50 bits per heavy atom. The summed E-state index contributed by atoms with van der Waals surface area (Å²) < 4.78 is 11.1. The Morgan fingerprint density at radius 3 is 2.64 bits per heavy atom. The number of carbonyl (C=O) groups is 1. The van der Waals surface area contributed by atoms with Crippen LogP contribution in [0.5, 0.6) is 0 Å². The number of nitrogens with zero attached hydrogens (tertiary/aromatic N) is 1. The molecule has 1 unspecified atom stereocenters. The lowest BCUT2D eigenvalue weighted by Gasteiger charge is -2.16. The summed E-state index contributed by atoms with van der Waals surface area (Å²) in [6.07, 6.45) is 1.20. The van der Waals surface area contributed by atoms with Crippen molar-refractivity contribution in [1.29, 1.82) is 0 Å². The molecule has 0 heterocycles. The predicted octanol–water partition coefficient (Wildman–Crippen LogP) is -0.0477. The Hall–Kier alpha value is -0.420. The maximum absolute atomic E-state index is 11.4. The van der Waals surface area contributed by atoms with Crippen LogP contribution in [0.3, 0.4) is 0 Å². The third-order valence-electron chi connectivity index (χ3n) is 1.99. The molecule has 0 radical (unpaired) electrons. The van der Waals surface area contributed by atoms with E-state index in [0.29, 0.717) is 31.0 Å². The van der Waals surface area contributed by atoms with Gasteiger partial charge in [-0.3, -0.25) is 9.00 Å². The van der Waals surface area contributed by atoms with Crippen LogP contribution in [0.1, 0.15) is 19.8 Å². The number of nitrogens with two attached hydrogens (primary N) is 1. The van der Waals surface area contributed by atoms with Crippen molar-refractivity contribution in [2.24, 2.45) is 5.73 Å². The summed E-state index contributed by atoms with van der Waals surface area (Å²) >= 11 is 0. The molecule has 14 heavy (non-hydrogen) atoms. The molecule has 84 valence electrons.